The number of hydrazone groups is 1. The third-order valence-electron chi connectivity index (χ3n) is 4.96. The van der Waals surface area contributed by atoms with E-state index in [0.717, 1.165) is 0 Å². The number of amides is 1. The van der Waals surface area contributed by atoms with Gasteiger partial charge in [-0.3, -0.25) is 4.79 Å². The van der Waals surface area contributed by atoms with Crippen LogP contribution in [0.15, 0.2) is 50.8 Å². The van der Waals surface area contributed by atoms with Crippen LogP contribution in [0, 0.1) is 0 Å². The molecule has 0 unspecified atom stereocenters. The lowest BCUT2D eigenvalue weighted by molar-refractivity contribution is -0.122. The van der Waals surface area contributed by atoms with Crippen LogP contribution in [0.25, 0.3) is 0 Å². The third-order valence-corrected chi connectivity index (χ3v) is 6.28. The van der Waals surface area contributed by atoms with E-state index < -0.39 is 15.6 Å². The Bertz CT molecular complexity index is 1240. The molecule has 0 fully saturated rings. The van der Waals surface area contributed by atoms with Gasteiger partial charge < -0.3 is 19.5 Å². The highest BCUT2D eigenvalue weighted by Crippen LogP contribution is 2.37. The molecule has 1 heterocycles. The van der Waals surface area contributed by atoms with Gasteiger partial charge in [-0.1, -0.05) is 12.1 Å². The van der Waals surface area contributed by atoms with Crippen molar-refractivity contribution in [3.8, 4) is 17.2 Å². The predicted molar refractivity (Wildman–Crippen MR) is 133 cm³/mol. The van der Waals surface area contributed by atoms with E-state index in [-0.39, 0.29) is 29.6 Å². The van der Waals surface area contributed by atoms with Gasteiger partial charge in [0.15, 0.2) is 17.3 Å². The van der Waals surface area contributed by atoms with E-state index in [1.165, 1.54) is 38.6 Å². The van der Waals surface area contributed by atoms with Gasteiger partial charge in [0, 0.05) is 23.1 Å². The van der Waals surface area contributed by atoms with E-state index in [4.69, 9.17) is 14.2 Å². The van der Waals surface area contributed by atoms with Crippen LogP contribution in [0.1, 0.15) is 38.3 Å². The Kier molecular flexibility index (Phi) is 7.69. The fourth-order valence-electron chi connectivity index (χ4n) is 3.49. The highest BCUT2D eigenvalue weighted by atomic mass is 32.2. The van der Waals surface area contributed by atoms with Gasteiger partial charge in [-0.15, -0.1) is 4.40 Å². The number of carbonyl (C=O) groups is 1. The Morgan fingerprint density at radius 2 is 1.71 bits per heavy atom. The summed E-state index contributed by atoms with van der Waals surface area (Å²) >= 11 is 0. The fraction of sp³-hybridized carbons (Fsp3) is 0.375. The molecule has 1 aliphatic rings. The first kappa shape index (κ1) is 26.0. The van der Waals surface area contributed by atoms with Crippen molar-refractivity contribution in [2.45, 2.75) is 37.6 Å². The molecule has 0 bridgehead atoms. The van der Waals surface area contributed by atoms with Crippen LogP contribution >= 0.6 is 0 Å². The van der Waals surface area contributed by atoms with Crippen molar-refractivity contribution >= 4 is 28.0 Å². The smallest absolute Gasteiger partial charge is 0.285 e. The van der Waals surface area contributed by atoms with Crippen molar-refractivity contribution in [1.82, 2.24) is 10.3 Å². The third kappa shape index (κ3) is 6.10. The molecule has 2 aromatic carbocycles. The number of nitrogens with one attached hydrogen (secondary N) is 1. The quantitative estimate of drug-likeness (QED) is 0.435. The largest absolute Gasteiger partial charge is 0.493 e. The predicted octanol–water partition coefficient (Wildman–Crippen LogP) is 2.80. The summed E-state index contributed by atoms with van der Waals surface area (Å²) < 4.78 is 45.3. The van der Waals surface area contributed by atoms with Gasteiger partial charge in [0.1, 0.15) is 4.90 Å². The average molecular weight is 503 g/mol. The molecule has 1 aliphatic heterocycles. The topological polar surface area (TPSA) is 119 Å². The summed E-state index contributed by atoms with van der Waals surface area (Å²) in [7, 11) is 0.658. The number of methoxy groups -OCH3 is 3. The van der Waals surface area contributed by atoms with Gasteiger partial charge in [-0.2, -0.15) is 13.5 Å². The first-order chi connectivity index (χ1) is 16.5. The molecule has 0 radical (unpaired) electrons. The minimum absolute atomic E-state index is 0.0745. The molecule has 0 aliphatic carbocycles. The lowest BCUT2D eigenvalue weighted by atomic mass is 10.1. The van der Waals surface area contributed by atoms with Gasteiger partial charge in [-0.05, 0) is 45.0 Å². The van der Waals surface area contributed by atoms with Crippen molar-refractivity contribution in [2.24, 2.45) is 9.50 Å². The molecule has 0 saturated heterocycles. The van der Waals surface area contributed by atoms with Crippen LogP contribution in [0.3, 0.4) is 0 Å². The van der Waals surface area contributed by atoms with Gasteiger partial charge in [0.05, 0.1) is 34.1 Å². The number of carbonyl (C=O) groups excluding carboxylic acids is 1. The van der Waals surface area contributed by atoms with Crippen LogP contribution in [0.4, 0.5) is 0 Å². The average Bonchev–Trinajstić information content (AvgIpc) is 3.08. The first-order valence-corrected chi connectivity index (χ1v) is 12.3. The standard InChI is InChI=1S/C24H30N4O6S/c1-24(2,3)26-21(29)11-12-28(23-17-9-7-8-10-20(17)35(30,31)27-23)25-15-16-13-18(32-4)22(34-6)19(14-16)33-5/h7-10,13-15H,11-12H2,1-6H3,(H,26,29). The summed E-state index contributed by atoms with van der Waals surface area (Å²) in [6.45, 7) is 5.75. The Morgan fingerprint density at radius 1 is 1.09 bits per heavy atom. The monoisotopic (exact) mass is 502 g/mol. The summed E-state index contributed by atoms with van der Waals surface area (Å²) in [5, 5.41) is 8.80. The van der Waals surface area contributed by atoms with Gasteiger partial charge in [0.2, 0.25) is 11.7 Å². The van der Waals surface area contributed by atoms with Gasteiger partial charge >= 0.3 is 0 Å². The number of fused-ring (bicyclic) bond motifs is 1. The molecule has 0 saturated carbocycles. The lowest BCUT2D eigenvalue weighted by Crippen LogP contribution is -2.42. The Morgan fingerprint density at radius 3 is 2.29 bits per heavy atom. The van der Waals surface area contributed by atoms with Crippen molar-refractivity contribution < 1.29 is 27.4 Å². The molecule has 1 N–H and O–H groups in total. The lowest BCUT2D eigenvalue weighted by Gasteiger charge is -2.23. The summed E-state index contributed by atoms with van der Waals surface area (Å²) in [6.07, 6.45) is 1.59. The second-order valence-corrected chi connectivity index (χ2v) is 10.3. The minimum Gasteiger partial charge on any atom is -0.493 e. The summed E-state index contributed by atoms with van der Waals surface area (Å²) in [4.78, 5) is 12.6. The second-order valence-electron chi connectivity index (χ2n) is 8.76. The molecule has 35 heavy (non-hydrogen) atoms. The maximum Gasteiger partial charge on any atom is 0.285 e. The Labute approximate surface area is 205 Å². The van der Waals surface area contributed by atoms with Crippen molar-refractivity contribution in [2.75, 3.05) is 27.9 Å². The van der Waals surface area contributed by atoms with Crippen molar-refractivity contribution in [3.05, 3.63) is 47.5 Å². The van der Waals surface area contributed by atoms with Crippen LogP contribution < -0.4 is 19.5 Å². The molecule has 3 rings (SSSR count). The number of sulfonamides is 1. The number of nitrogens with zero attached hydrogens (tertiary/aromatic N) is 3. The highest BCUT2D eigenvalue weighted by molar-refractivity contribution is 7.90. The van der Waals surface area contributed by atoms with Crippen molar-refractivity contribution in [3.63, 3.8) is 0 Å². The minimum atomic E-state index is -3.87. The SMILES string of the molecule is COc1cc(C=NN(CCC(=O)NC(C)(C)C)C2=NS(=O)(=O)c3ccccc32)cc(OC)c1OC. The number of benzene rings is 2. The van der Waals surface area contributed by atoms with E-state index in [0.29, 0.717) is 28.4 Å². The van der Waals surface area contributed by atoms with E-state index in [2.05, 4.69) is 14.8 Å². The maximum atomic E-state index is 12.6. The summed E-state index contributed by atoms with van der Waals surface area (Å²) in [5.41, 5.74) is 0.631. The molecule has 188 valence electrons. The molecule has 11 heteroatoms. The maximum absolute atomic E-state index is 12.6. The number of hydrogen-bond donors (Lipinski definition) is 1. The normalized spacial score (nSPS) is 14.3. The number of rotatable bonds is 8. The summed E-state index contributed by atoms with van der Waals surface area (Å²) in [5.74, 6) is 1.27. The molecule has 0 atom stereocenters. The van der Waals surface area contributed by atoms with Gasteiger partial charge in [-0.25, -0.2) is 5.01 Å². The Hall–Kier alpha value is -3.60. The first-order valence-electron chi connectivity index (χ1n) is 10.9. The number of hydrogen-bond acceptors (Lipinski definition) is 8. The van der Waals surface area contributed by atoms with Gasteiger partial charge in [0.25, 0.3) is 10.0 Å². The summed E-state index contributed by atoms with van der Waals surface area (Å²) in [6, 6.07) is 9.93. The molecular formula is C24H30N4O6S. The molecule has 0 spiro atoms. The van der Waals surface area contributed by atoms with Crippen LogP contribution in [0.2, 0.25) is 0 Å². The molecular weight excluding hydrogens is 472 g/mol. The molecule has 0 aromatic heterocycles. The second kappa shape index (κ2) is 10.3. The zero-order valence-corrected chi connectivity index (χ0v) is 21.5. The number of ether oxygens (including phenoxy) is 3. The zero-order valence-electron chi connectivity index (χ0n) is 20.7. The van der Waals surface area contributed by atoms with E-state index in [9.17, 15) is 13.2 Å². The van der Waals surface area contributed by atoms with E-state index >= 15 is 0 Å². The van der Waals surface area contributed by atoms with Crippen LogP contribution in [0.5, 0.6) is 17.2 Å². The van der Waals surface area contributed by atoms with Crippen molar-refractivity contribution in [1.29, 1.82) is 0 Å². The van der Waals surface area contributed by atoms with E-state index in [1.807, 2.05) is 20.8 Å². The fourth-order valence-corrected chi connectivity index (χ4v) is 4.70. The van der Waals surface area contributed by atoms with Crippen LogP contribution in [-0.4, -0.2) is 64.8 Å². The van der Waals surface area contributed by atoms with E-state index in [1.54, 1.807) is 30.3 Å². The molecule has 1 amide bonds. The highest BCUT2D eigenvalue weighted by Gasteiger charge is 2.32. The Balaban J connectivity index is 1.99. The van der Waals surface area contributed by atoms with Crippen LogP contribution in [-0.2, 0) is 14.8 Å². The zero-order chi connectivity index (χ0) is 25.8. The molecule has 10 nitrogen and oxygen atoms in total. The molecule has 2 aromatic rings. The number of amidine groups is 1.